The van der Waals surface area contributed by atoms with E-state index >= 15 is 0 Å². The van der Waals surface area contributed by atoms with Crippen LogP contribution in [0.15, 0.2) is 0 Å². The van der Waals surface area contributed by atoms with Crippen LogP contribution in [0, 0.1) is 11.8 Å². The molecule has 5 heteroatoms. The first-order chi connectivity index (χ1) is 8.97. The first-order valence-electron chi connectivity index (χ1n) is 7.21. The van der Waals surface area contributed by atoms with Crippen LogP contribution in [0.3, 0.4) is 0 Å². The zero-order valence-corrected chi connectivity index (χ0v) is 11.8. The molecule has 2 unspecified atom stereocenters. The molecule has 0 aromatic heterocycles. The van der Waals surface area contributed by atoms with Crippen molar-refractivity contribution in [3.8, 4) is 0 Å². The Bertz CT molecular complexity index is 353. The Morgan fingerprint density at radius 2 is 2.00 bits per heavy atom. The highest BCUT2D eigenvalue weighted by molar-refractivity contribution is 5.76. The van der Waals surface area contributed by atoms with Gasteiger partial charge in [0, 0.05) is 32.1 Å². The maximum absolute atomic E-state index is 12.3. The van der Waals surface area contributed by atoms with Gasteiger partial charge in [-0.2, -0.15) is 0 Å². The van der Waals surface area contributed by atoms with E-state index in [2.05, 4.69) is 6.92 Å². The smallest absolute Gasteiger partial charge is 0.320 e. The summed E-state index contributed by atoms with van der Waals surface area (Å²) in [6, 6.07) is 0.426. The molecule has 0 bridgehead atoms. The third kappa shape index (κ3) is 3.39. The molecule has 1 N–H and O–H groups in total. The van der Waals surface area contributed by atoms with Crippen LogP contribution in [-0.4, -0.2) is 53.1 Å². The maximum Gasteiger partial charge on any atom is 0.320 e. The highest BCUT2D eigenvalue weighted by Gasteiger charge is 2.35. The zero-order valence-electron chi connectivity index (χ0n) is 11.8. The Labute approximate surface area is 114 Å². The predicted octanol–water partition coefficient (Wildman–Crippen LogP) is 2.02. The number of carboxylic acid groups (broad SMARTS) is 1. The van der Waals surface area contributed by atoms with E-state index in [1.165, 1.54) is 12.8 Å². The Balaban J connectivity index is 1.79. The molecule has 1 saturated carbocycles. The summed E-state index contributed by atoms with van der Waals surface area (Å²) in [5.74, 6) is 0.0665. The summed E-state index contributed by atoms with van der Waals surface area (Å²) < 4.78 is 0. The lowest BCUT2D eigenvalue weighted by molar-refractivity contribution is -0.139. The molecule has 2 aliphatic rings. The number of hydrogen-bond acceptors (Lipinski definition) is 2. The van der Waals surface area contributed by atoms with E-state index in [9.17, 15) is 9.59 Å². The average Bonchev–Trinajstić information content (AvgIpc) is 2.31. The zero-order chi connectivity index (χ0) is 14.0. The van der Waals surface area contributed by atoms with Gasteiger partial charge in [-0.25, -0.2) is 4.79 Å². The van der Waals surface area contributed by atoms with Gasteiger partial charge >= 0.3 is 12.0 Å². The van der Waals surface area contributed by atoms with Crippen LogP contribution in [0.2, 0.25) is 0 Å². The fourth-order valence-corrected chi connectivity index (χ4v) is 3.24. The summed E-state index contributed by atoms with van der Waals surface area (Å²) in [7, 11) is 1.88. The number of carbonyl (C=O) groups excluding carboxylic acids is 1. The van der Waals surface area contributed by atoms with Gasteiger partial charge in [0.05, 0.1) is 6.42 Å². The summed E-state index contributed by atoms with van der Waals surface area (Å²) >= 11 is 0. The molecule has 1 heterocycles. The molecule has 19 heavy (non-hydrogen) atoms. The monoisotopic (exact) mass is 268 g/mol. The molecule has 0 spiro atoms. The lowest BCUT2D eigenvalue weighted by Crippen LogP contribution is -2.56. The van der Waals surface area contributed by atoms with Crippen molar-refractivity contribution in [2.45, 2.75) is 45.1 Å². The van der Waals surface area contributed by atoms with E-state index in [0.29, 0.717) is 25.0 Å². The molecule has 5 nitrogen and oxygen atoms in total. The molecular weight excluding hydrogens is 244 g/mol. The normalized spacial score (nSPS) is 27.8. The van der Waals surface area contributed by atoms with Gasteiger partial charge in [0.2, 0.25) is 0 Å². The number of nitrogens with zero attached hydrogens (tertiary/aromatic N) is 2. The number of carboxylic acids is 1. The molecule has 1 saturated heterocycles. The lowest BCUT2D eigenvalue weighted by atomic mass is 9.86. The van der Waals surface area contributed by atoms with E-state index in [4.69, 9.17) is 5.11 Å². The molecule has 2 fully saturated rings. The summed E-state index contributed by atoms with van der Waals surface area (Å²) in [6.45, 7) is 3.44. The molecule has 0 aromatic carbocycles. The third-order valence-corrected chi connectivity index (χ3v) is 4.45. The molecule has 1 aliphatic carbocycles. The minimum absolute atomic E-state index is 0.0701. The van der Waals surface area contributed by atoms with E-state index in [-0.39, 0.29) is 18.4 Å². The number of carbonyl (C=O) groups is 2. The van der Waals surface area contributed by atoms with Crippen molar-refractivity contribution in [2.24, 2.45) is 11.8 Å². The van der Waals surface area contributed by atoms with Crippen LogP contribution < -0.4 is 0 Å². The molecule has 108 valence electrons. The number of hydrogen-bond donors (Lipinski definition) is 1. The molecular formula is C14H24N2O3. The fourth-order valence-electron chi connectivity index (χ4n) is 3.24. The van der Waals surface area contributed by atoms with Gasteiger partial charge in [-0.15, -0.1) is 0 Å². The standard InChI is InChI=1S/C14H24N2O3/c1-10-4-3-5-12(6-10)15(2)14(19)16-8-11(9-16)7-13(17)18/h10-12H,3-9H2,1-2H3,(H,17,18). The van der Waals surface area contributed by atoms with Crippen LogP contribution >= 0.6 is 0 Å². The summed E-state index contributed by atoms with van der Waals surface area (Å²) in [5.41, 5.74) is 0. The van der Waals surface area contributed by atoms with Gasteiger partial charge in [-0.05, 0) is 18.8 Å². The second kappa shape index (κ2) is 5.80. The van der Waals surface area contributed by atoms with Crippen molar-refractivity contribution >= 4 is 12.0 Å². The quantitative estimate of drug-likeness (QED) is 0.852. The summed E-state index contributed by atoms with van der Waals surface area (Å²) in [5, 5.41) is 8.70. The Morgan fingerprint density at radius 1 is 1.32 bits per heavy atom. The molecule has 0 aromatic rings. The number of likely N-dealkylation sites (tertiary alicyclic amines) is 1. The van der Waals surface area contributed by atoms with Crippen LogP contribution in [-0.2, 0) is 4.79 Å². The van der Waals surface area contributed by atoms with Gasteiger partial charge in [0.1, 0.15) is 0 Å². The van der Waals surface area contributed by atoms with Crippen LogP contribution in [0.25, 0.3) is 0 Å². The van der Waals surface area contributed by atoms with E-state index in [1.54, 1.807) is 4.90 Å². The van der Waals surface area contributed by atoms with E-state index < -0.39 is 5.97 Å². The highest BCUT2D eigenvalue weighted by atomic mass is 16.4. The molecule has 2 atom stereocenters. The number of rotatable bonds is 3. The first-order valence-corrected chi connectivity index (χ1v) is 7.21. The number of amides is 2. The summed E-state index contributed by atoms with van der Waals surface area (Å²) in [6.07, 6.45) is 4.83. The third-order valence-electron chi connectivity index (χ3n) is 4.45. The van der Waals surface area contributed by atoms with Crippen molar-refractivity contribution in [1.29, 1.82) is 0 Å². The Kier molecular flexibility index (Phi) is 4.32. The number of aliphatic carboxylic acids is 1. The lowest BCUT2D eigenvalue weighted by Gasteiger charge is -2.43. The van der Waals surface area contributed by atoms with Crippen LogP contribution in [0.1, 0.15) is 39.0 Å². The Hall–Kier alpha value is -1.26. The van der Waals surface area contributed by atoms with Gasteiger partial charge in [-0.1, -0.05) is 19.8 Å². The second-order valence-electron chi connectivity index (χ2n) is 6.19. The van der Waals surface area contributed by atoms with Crippen molar-refractivity contribution in [3.63, 3.8) is 0 Å². The minimum Gasteiger partial charge on any atom is -0.481 e. The van der Waals surface area contributed by atoms with Crippen molar-refractivity contribution in [3.05, 3.63) is 0 Å². The Morgan fingerprint density at radius 3 is 2.58 bits per heavy atom. The van der Waals surface area contributed by atoms with E-state index in [0.717, 1.165) is 12.8 Å². The summed E-state index contributed by atoms with van der Waals surface area (Å²) in [4.78, 5) is 26.5. The van der Waals surface area contributed by atoms with E-state index in [1.807, 2.05) is 11.9 Å². The topological polar surface area (TPSA) is 60.9 Å². The largest absolute Gasteiger partial charge is 0.481 e. The molecule has 0 radical (unpaired) electrons. The first kappa shape index (κ1) is 14.2. The van der Waals surface area contributed by atoms with Gasteiger partial charge in [-0.3, -0.25) is 4.79 Å². The van der Waals surface area contributed by atoms with Crippen LogP contribution in [0.5, 0.6) is 0 Å². The minimum atomic E-state index is -0.772. The van der Waals surface area contributed by atoms with Crippen molar-refractivity contribution in [2.75, 3.05) is 20.1 Å². The van der Waals surface area contributed by atoms with Crippen LogP contribution in [0.4, 0.5) is 4.79 Å². The fraction of sp³-hybridized carbons (Fsp3) is 0.857. The molecule has 1 aliphatic heterocycles. The van der Waals surface area contributed by atoms with Gasteiger partial charge < -0.3 is 14.9 Å². The average molecular weight is 268 g/mol. The van der Waals surface area contributed by atoms with Crippen molar-refractivity contribution < 1.29 is 14.7 Å². The van der Waals surface area contributed by atoms with Gasteiger partial charge in [0.15, 0.2) is 0 Å². The van der Waals surface area contributed by atoms with Crippen molar-refractivity contribution in [1.82, 2.24) is 9.80 Å². The van der Waals surface area contributed by atoms with Gasteiger partial charge in [0.25, 0.3) is 0 Å². The molecule has 2 rings (SSSR count). The SMILES string of the molecule is CC1CCCC(N(C)C(=O)N2CC(CC(=O)O)C2)C1. The molecule has 2 amide bonds. The number of urea groups is 1. The maximum atomic E-state index is 12.3. The second-order valence-corrected chi connectivity index (χ2v) is 6.19. The predicted molar refractivity (Wildman–Crippen MR) is 71.9 cm³/mol. The highest BCUT2D eigenvalue weighted by Crippen LogP contribution is 2.28.